The summed E-state index contributed by atoms with van der Waals surface area (Å²) in [6, 6.07) is 11.1. The number of benzene rings is 2. The lowest BCUT2D eigenvalue weighted by molar-refractivity contribution is -0.114. The second-order valence-electron chi connectivity index (χ2n) is 4.87. The van der Waals surface area contributed by atoms with Gasteiger partial charge in [0, 0.05) is 0 Å². The highest BCUT2D eigenvalue weighted by molar-refractivity contribution is 7.92. The summed E-state index contributed by atoms with van der Waals surface area (Å²) in [5, 5.41) is 3.23. The van der Waals surface area contributed by atoms with Gasteiger partial charge in [0.2, 0.25) is 15.9 Å². The molecule has 9 heteroatoms. The highest BCUT2D eigenvalue weighted by atomic mass is 35.5. The van der Waals surface area contributed by atoms with Gasteiger partial charge in [-0.3, -0.25) is 9.10 Å². The van der Waals surface area contributed by atoms with E-state index in [1.807, 2.05) is 0 Å². The van der Waals surface area contributed by atoms with E-state index in [1.165, 1.54) is 12.1 Å². The number of nitrogens with one attached hydrogen (secondary N) is 1. The normalized spacial score (nSPS) is 11.2. The third-order valence-electron chi connectivity index (χ3n) is 3.04. The second-order valence-corrected chi connectivity index (χ2v) is 7.99. The molecule has 2 aromatic rings. The molecule has 0 radical (unpaired) electrons. The number of carbonyl (C=O) groups excluding carboxylic acids is 1. The fraction of sp³-hybridized carbons (Fsp3) is 0.133. The summed E-state index contributed by atoms with van der Waals surface area (Å²) in [6.45, 7) is -0.468. The molecule has 0 aliphatic rings. The number of anilines is 2. The highest BCUT2D eigenvalue weighted by Gasteiger charge is 2.23. The molecule has 1 amide bonds. The van der Waals surface area contributed by atoms with Crippen molar-refractivity contribution in [3.8, 4) is 0 Å². The molecule has 0 heterocycles. The minimum atomic E-state index is -3.73. The van der Waals surface area contributed by atoms with Gasteiger partial charge in [-0.1, -0.05) is 53.0 Å². The molecule has 0 unspecified atom stereocenters. The van der Waals surface area contributed by atoms with Gasteiger partial charge < -0.3 is 5.32 Å². The van der Waals surface area contributed by atoms with E-state index in [2.05, 4.69) is 5.32 Å². The number of nitrogens with zero attached hydrogens (tertiary/aromatic N) is 1. The van der Waals surface area contributed by atoms with Crippen molar-refractivity contribution in [1.82, 2.24) is 0 Å². The molecule has 128 valence electrons. The molecule has 5 nitrogen and oxygen atoms in total. The molecule has 0 aliphatic heterocycles. The SMILES string of the molecule is CS(=O)(=O)N(CC(=O)Nc1c(Cl)cccc1Cl)c1ccccc1Cl. The Balaban J connectivity index is 2.28. The van der Waals surface area contributed by atoms with Crippen molar-refractivity contribution in [1.29, 1.82) is 0 Å². The van der Waals surface area contributed by atoms with E-state index in [-0.39, 0.29) is 26.4 Å². The van der Waals surface area contributed by atoms with Gasteiger partial charge in [0.05, 0.1) is 32.7 Å². The maximum atomic E-state index is 12.3. The summed E-state index contributed by atoms with van der Waals surface area (Å²) >= 11 is 18.0. The Bertz CT molecular complexity index is 852. The van der Waals surface area contributed by atoms with Gasteiger partial charge in [-0.25, -0.2) is 8.42 Å². The number of hydrogen-bond acceptors (Lipinski definition) is 3. The van der Waals surface area contributed by atoms with Crippen molar-refractivity contribution >= 4 is 62.1 Å². The Morgan fingerprint density at radius 1 is 1.00 bits per heavy atom. The fourth-order valence-electron chi connectivity index (χ4n) is 1.96. The van der Waals surface area contributed by atoms with Crippen molar-refractivity contribution in [2.45, 2.75) is 0 Å². The number of hydrogen-bond donors (Lipinski definition) is 1. The van der Waals surface area contributed by atoms with Gasteiger partial charge in [0.25, 0.3) is 0 Å². The first kappa shape index (κ1) is 18.9. The summed E-state index contributed by atoms with van der Waals surface area (Å²) in [7, 11) is -3.73. The molecule has 0 fully saturated rings. The van der Waals surface area contributed by atoms with Crippen LogP contribution >= 0.6 is 34.8 Å². The van der Waals surface area contributed by atoms with Gasteiger partial charge in [-0.15, -0.1) is 0 Å². The summed E-state index contributed by atoms with van der Waals surface area (Å²) < 4.78 is 25.0. The minimum absolute atomic E-state index is 0.210. The monoisotopic (exact) mass is 406 g/mol. The number of para-hydroxylation sites is 2. The number of carbonyl (C=O) groups is 1. The van der Waals surface area contributed by atoms with Crippen molar-refractivity contribution in [3.63, 3.8) is 0 Å². The maximum absolute atomic E-state index is 12.3. The van der Waals surface area contributed by atoms with Gasteiger partial charge >= 0.3 is 0 Å². The van der Waals surface area contributed by atoms with Crippen LogP contribution in [-0.2, 0) is 14.8 Å². The maximum Gasteiger partial charge on any atom is 0.245 e. The molecular weight excluding hydrogens is 395 g/mol. The number of halogens is 3. The Morgan fingerprint density at radius 2 is 1.54 bits per heavy atom. The van der Waals surface area contributed by atoms with Crippen LogP contribution in [0.1, 0.15) is 0 Å². The predicted octanol–water partition coefficient (Wildman–Crippen LogP) is 4.05. The van der Waals surface area contributed by atoms with E-state index >= 15 is 0 Å². The van der Waals surface area contributed by atoms with Gasteiger partial charge in [0.1, 0.15) is 6.54 Å². The van der Waals surface area contributed by atoms with Crippen molar-refractivity contribution in [2.24, 2.45) is 0 Å². The van der Waals surface area contributed by atoms with Crippen LogP contribution in [0, 0.1) is 0 Å². The molecule has 0 aromatic heterocycles. The van der Waals surface area contributed by atoms with E-state index in [0.717, 1.165) is 10.6 Å². The van der Waals surface area contributed by atoms with Crippen LogP contribution in [0.25, 0.3) is 0 Å². The molecule has 0 atom stereocenters. The summed E-state index contributed by atoms with van der Waals surface area (Å²) in [6.07, 6.45) is 0.992. The Labute approximate surface area is 155 Å². The quantitative estimate of drug-likeness (QED) is 0.813. The summed E-state index contributed by atoms with van der Waals surface area (Å²) in [5.41, 5.74) is 0.431. The van der Waals surface area contributed by atoms with E-state index in [9.17, 15) is 13.2 Å². The lowest BCUT2D eigenvalue weighted by Gasteiger charge is -2.23. The number of sulfonamides is 1. The zero-order chi connectivity index (χ0) is 17.9. The van der Waals surface area contributed by atoms with Crippen LogP contribution in [0.5, 0.6) is 0 Å². The van der Waals surface area contributed by atoms with Gasteiger partial charge in [0.15, 0.2) is 0 Å². The highest BCUT2D eigenvalue weighted by Crippen LogP contribution is 2.30. The smallest absolute Gasteiger partial charge is 0.245 e. The minimum Gasteiger partial charge on any atom is -0.322 e. The largest absolute Gasteiger partial charge is 0.322 e. The molecule has 0 saturated heterocycles. The van der Waals surface area contributed by atoms with E-state index in [0.29, 0.717) is 0 Å². The molecule has 0 aliphatic carbocycles. The zero-order valence-electron chi connectivity index (χ0n) is 12.5. The topological polar surface area (TPSA) is 66.5 Å². The molecule has 2 aromatic carbocycles. The molecular formula is C15H13Cl3N2O3S. The second kappa shape index (κ2) is 7.61. The fourth-order valence-corrected chi connectivity index (χ4v) is 3.61. The number of amides is 1. The molecule has 0 bridgehead atoms. The molecule has 24 heavy (non-hydrogen) atoms. The van der Waals surface area contributed by atoms with Crippen LogP contribution in [0.4, 0.5) is 11.4 Å². The first-order chi connectivity index (χ1) is 11.2. The molecule has 2 rings (SSSR count). The third-order valence-corrected chi connectivity index (χ3v) is 5.11. The average molecular weight is 408 g/mol. The van der Waals surface area contributed by atoms with Crippen molar-refractivity contribution < 1.29 is 13.2 Å². The molecule has 0 saturated carbocycles. The predicted molar refractivity (Wildman–Crippen MR) is 98.7 cm³/mol. The standard InChI is InChI=1S/C15H13Cl3N2O3S/c1-24(22,23)20(13-8-3-2-5-10(13)16)9-14(21)19-15-11(17)6-4-7-12(15)18/h2-8H,9H2,1H3,(H,19,21). The Kier molecular flexibility index (Phi) is 5.98. The lowest BCUT2D eigenvalue weighted by Crippen LogP contribution is -2.37. The van der Waals surface area contributed by atoms with Crippen molar-refractivity contribution in [2.75, 3.05) is 22.4 Å². The zero-order valence-corrected chi connectivity index (χ0v) is 15.5. The summed E-state index contributed by atoms with van der Waals surface area (Å²) in [4.78, 5) is 12.3. The third kappa shape index (κ3) is 4.54. The van der Waals surface area contributed by atoms with Crippen molar-refractivity contribution in [3.05, 3.63) is 57.5 Å². The van der Waals surface area contributed by atoms with E-state index in [4.69, 9.17) is 34.8 Å². The Morgan fingerprint density at radius 3 is 2.08 bits per heavy atom. The average Bonchev–Trinajstić information content (AvgIpc) is 2.48. The first-order valence-corrected chi connectivity index (χ1v) is 9.64. The van der Waals surface area contributed by atoms with E-state index in [1.54, 1.807) is 30.3 Å². The molecule has 1 N–H and O–H groups in total. The number of rotatable bonds is 5. The molecule has 0 spiro atoms. The van der Waals surface area contributed by atoms with Crippen LogP contribution in [0.15, 0.2) is 42.5 Å². The van der Waals surface area contributed by atoms with Crippen LogP contribution in [0.3, 0.4) is 0 Å². The Hall–Kier alpha value is -1.47. The van der Waals surface area contributed by atoms with E-state index < -0.39 is 22.5 Å². The first-order valence-electron chi connectivity index (χ1n) is 6.66. The lowest BCUT2D eigenvalue weighted by atomic mass is 10.3. The van der Waals surface area contributed by atoms with Crippen LogP contribution < -0.4 is 9.62 Å². The van der Waals surface area contributed by atoms with Crippen LogP contribution in [0.2, 0.25) is 15.1 Å². The van der Waals surface area contributed by atoms with Gasteiger partial charge in [-0.2, -0.15) is 0 Å². The summed E-state index contributed by atoms with van der Waals surface area (Å²) in [5.74, 6) is -0.602. The van der Waals surface area contributed by atoms with Gasteiger partial charge in [-0.05, 0) is 24.3 Å². The van der Waals surface area contributed by atoms with Crippen LogP contribution in [-0.4, -0.2) is 27.1 Å².